The van der Waals surface area contributed by atoms with E-state index in [1.807, 2.05) is 48.5 Å². The van der Waals surface area contributed by atoms with Gasteiger partial charge < -0.3 is 9.13 Å². The lowest BCUT2D eigenvalue weighted by atomic mass is 9.98. The Balaban J connectivity index is 1.37. The predicted molar refractivity (Wildman–Crippen MR) is 165 cm³/mol. The Morgan fingerprint density at radius 2 is 1.12 bits per heavy atom. The van der Waals surface area contributed by atoms with Crippen LogP contribution in [-0.4, -0.2) is 14.9 Å². The molecule has 0 radical (unpaired) electrons. The number of para-hydroxylation sites is 2. The summed E-state index contributed by atoms with van der Waals surface area (Å²) in [6.07, 6.45) is 2.14. The van der Waals surface area contributed by atoms with E-state index < -0.39 is 0 Å². The van der Waals surface area contributed by atoms with E-state index in [0.29, 0.717) is 11.1 Å². The first-order valence-electron chi connectivity index (χ1n) is 13.5. The van der Waals surface area contributed by atoms with Crippen LogP contribution in [0.15, 0.2) is 146 Å². The van der Waals surface area contributed by atoms with Crippen molar-refractivity contribution >= 4 is 49.3 Å². The van der Waals surface area contributed by atoms with Crippen LogP contribution < -0.4 is 0 Å². The quantitative estimate of drug-likeness (QED) is 0.216. The van der Waals surface area contributed by atoms with Gasteiger partial charge in [0.2, 0.25) is 0 Å². The second-order valence-corrected chi connectivity index (χ2v) is 10.2. The summed E-state index contributed by atoms with van der Waals surface area (Å²) in [5.41, 5.74) is 6.98. The fraction of sp³-hybridized carbons (Fsp3) is 0. The number of rotatable bonds is 4. The summed E-state index contributed by atoms with van der Waals surface area (Å²) in [4.78, 5) is 13.7. The third-order valence-electron chi connectivity index (χ3n) is 7.92. The molecule has 0 aliphatic carbocycles. The second kappa shape index (κ2) is 8.82. The lowest BCUT2D eigenvalue weighted by molar-refractivity contribution is 0.103. The lowest BCUT2D eigenvalue weighted by Gasteiger charge is -2.10. The fourth-order valence-corrected chi connectivity index (χ4v) is 6.02. The average Bonchev–Trinajstić information content (AvgIpc) is 3.60. The fourth-order valence-electron chi connectivity index (χ4n) is 6.02. The van der Waals surface area contributed by atoms with Crippen LogP contribution in [0.3, 0.4) is 0 Å². The van der Waals surface area contributed by atoms with E-state index in [1.165, 1.54) is 5.39 Å². The van der Waals surface area contributed by atoms with E-state index in [-0.39, 0.29) is 5.78 Å². The summed E-state index contributed by atoms with van der Waals surface area (Å²) in [5.74, 6) is 0.0320. The molecular weight excluding hydrogens is 488 g/mol. The average molecular weight is 513 g/mol. The van der Waals surface area contributed by atoms with Gasteiger partial charge in [-0.15, -0.1) is 0 Å². The van der Waals surface area contributed by atoms with Gasteiger partial charge >= 0.3 is 0 Å². The molecule has 2 heterocycles. The summed E-state index contributed by atoms with van der Waals surface area (Å²) < 4.78 is 4.56. The lowest BCUT2D eigenvalue weighted by Crippen LogP contribution is -2.01. The smallest absolute Gasteiger partial charge is 0.193 e. The van der Waals surface area contributed by atoms with Crippen molar-refractivity contribution < 1.29 is 4.79 Å². The normalized spacial score (nSPS) is 11.6. The number of carbonyl (C=O) groups excluding carboxylic acids is 1. The Hall–Kier alpha value is -5.41. The highest BCUT2D eigenvalue weighted by molar-refractivity contribution is 6.20. The molecule has 0 fully saturated rings. The molecule has 0 spiro atoms. The van der Waals surface area contributed by atoms with Crippen molar-refractivity contribution in [3.8, 4) is 11.4 Å². The minimum absolute atomic E-state index is 0.0320. The van der Waals surface area contributed by atoms with Gasteiger partial charge in [0, 0.05) is 44.9 Å². The first-order valence-corrected chi connectivity index (χ1v) is 13.5. The van der Waals surface area contributed by atoms with Crippen LogP contribution in [0, 0.1) is 0 Å². The first-order chi connectivity index (χ1) is 19.8. The van der Waals surface area contributed by atoms with Gasteiger partial charge in [-0.3, -0.25) is 4.79 Å². The van der Waals surface area contributed by atoms with Crippen LogP contribution in [0.5, 0.6) is 0 Å². The number of hydrogen-bond donors (Lipinski definition) is 0. The zero-order valence-electron chi connectivity index (χ0n) is 21.7. The molecule has 188 valence electrons. The SMILES string of the molecule is O=C(c1ccc2ccccc2c1)c1ccc2c(c1)c1ccc3c(ccn3-c3ccccc3)c1n2-c1ccccc1. The molecule has 40 heavy (non-hydrogen) atoms. The molecule has 0 bridgehead atoms. The molecule has 8 aromatic rings. The zero-order valence-corrected chi connectivity index (χ0v) is 21.7. The van der Waals surface area contributed by atoms with Gasteiger partial charge in [-0.25, -0.2) is 0 Å². The molecule has 8 rings (SSSR count). The number of carbonyl (C=O) groups is 1. The molecular formula is C37H24N2O. The van der Waals surface area contributed by atoms with Crippen molar-refractivity contribution in [3.05, 3.63) is 157 Å². The number of fused-ring (bicyclic) bond motifs is 6. The van der Waals surface area contributed by atoms with Crippen LogP contribution in [0.2, 0.25) is 0 Å². The van der Waals surface area contributed by atoms with E-state index in [2.05, 4.69) is 106 Å². The standard InChI is InChI=1S/C37H24N2O/c40-37(27-16-15-25-9-7-8-10-26(25)23-27)28-17-19-35-33(24-28)31-18-20-34-32(21-22-38(34)29-11-3-1-4-12-29)36(31)39(35)30-13-5-2-6-14-30/h1-24H. The molecule has 0 N–H and O–H groups in total. The minimum atomic E-state index is 0.0320. The first kappa shape index (κ1) is 22.6. The van der Waals surface area contributed by atoms with Gasteiger partial charge in [-0.1, -0.05) is 78.9 Å². The second-order valence-electron chi connectivity index (χ2n) is 10.2. The van der Waals surface area contributed by atoms with Crippen LogP contribution in [0.25, 0.3) is 54.9 Å². The molecule has 0 saturated heterocycles. The maximum Gasteiger partial charge on any atom is 0.193 e. The number of aromatic nitrogens is 2. The van der Waals surface area contributed by atoms with Crippen molar-refractivity contribution in [2.75, 3.05) is 0 Å². The van der Waals surface area contributed by atoms with E-state index in [9.17, 15) is 4.79 Å². The van der Waals surface area contributed by atoms with Crippen molar-refractivity contribution in [2.24, 2.45) is 0 Å². The molecule has 0 unspecified atom stereocenters. The Kier molecular flexibility index (Phi) is 4.98. The van der Waals surface area contributed by atoms with E-state index in [1.54, 1.807) is 0 Å². The highest BCUT2D eigenvalue weighted by Gasteiger charge is 2.19. The molecule has 2 aromatic heterocycles. The highest BCUT2D eigenvalue weighted by Crippen LogP contribution is 2.38. The molecule has 0 atom stereocenters. The van der Waals surface area contributed by atoms with Crippen molar-refractivity contribution in [2.45, 2.75) is 0 Å². The third kappa shape index (κ3) is 3.41. The maximum absolute atomic E-state index is 13.7. The summed E-state index contributed by atoms with van der Waals surface area (Å²) in [5, 5.41) is 5.57. The van der Waals surface area contributed by atoms with Crippen molar-refractivity contribution in [3.63, 3.8) is 0 Å². The Bertz CT molecular complexity index is 2220. The number of ketones is 1. The number of hydrogen-bond acceptors (Lipinski definition) is 1. The molecule has 3 heteroatoms. The Morgan fingerprint density at radius 1 is 0.475 bits per heavy atom. The molecule has 0 amide bonds. The summed E-state index contributed by atoms with van der Waals surface area (Å²) in [6, 6.07) is 47.7. The monoisotopic (exact) mass is 512 g/mol. The molecule has 0 aliphatic heterocycles. The Morgan fingerprint density at radius 3 is 1.93 bits per heavy atom. The van der Waals surface area contributed by atoms with E-state index in [4.69, 9.17) is 0 Å². The Labute approximate surface area is 231 Å². The number of benzene rings is 6. The molecule has 6 aromatic carbocycles. The van der Waals surface area contributed by atoms with Gasteiger partial charge in [0.1, 0.15) is 0 Å². The van der Waals surface area contributed by atoms with Crippen LogP contribution in [-0.2, 0) is 0 Å². The van der Waals surface area contributed by atoms with Crippen LogP contribution in [0.1, 0.15) is 15.9 Å². The van der Waals surface area contributed by atoms with Crippen molar-refractivity contribution in [1.82, 2.24) is 9.13 Å². The van der Waals surface area contributed by atoms with Gasteiger partial charge in [0.05, 0.1) is 16.6 Å². The van der Waals surface area contributed by atoms with Gasteiger partial charge in [-0.05, 0) is 71.4 Å². The van der Waals surface area contributed by atoms with Crippen molar-refractivity contribution in [1.29, 1.82) is 0 Å². The zero-order chi connectivity index (χ0) is 26.6. The molecule has 0 aliphatic rings. The van der Waals surface area contributed by atoms with Crippen LogP contribution in [0.4, 0.5) is 0 Å². The van der Waals surface area contributed by atoms with Gasteiger partial charge in [0.25, 0.3) is 0 Å². The van der Waals surface area contributed by atoms with Gasteiger partial charge in [-0.2, -0.15) is 0 Å². The molecule has 3 nitrogen and oxygen atoms in total. The summed E-state index contributed by atoms with van der Waals surface area (Å²) in [6.45, 7) is 0. The predicted octanol–water partition coefficient (Wildman–Crippen LogP) is 9.11. The van der Waals surface area contributed by atoms with Crippen LogP contribution >= 0.6 is 0 Å². The number of nitrogens with zero attached hydrogens (tertiary/aromatic N) is 2. The van der Waals surface area contributed by atoms with E-state index in [0.717, 1.165) is 49.5 Å². The molecule has 0 saturated carbocycles. The summed E-state index contributed by atoms with van der Waals surface area (Å²) in [7, 11) is 0. The summed E-state index contributed by atoms with van der Waals surface area (Å²) >= 11 is 0. The highest BCUT2D eigenvalue weighted by atomic mass is 16.1. The maximum atomic E-state index is 13.7. The third-order valence-corrected chi connectivity index (χ3v) is 7.92. The minimum Gasteiger partial charge on any atom is -0.316 e. The largest absolute Gasteiger partial charge is 0.316 e. The van der Waals surface area contributed by atoms with Gasteiger partial charge in [0.15, 0.2) is 5.78 Å². The van der Waals surface area contributed by atoms with E-state index >= 15 is 0 Å². The topological polar surface area (TPSA) is 26.9 Å².